The van der Waals surface area contributed by atoms with Gasteiger partial charge < -0.3 is 4.74 Å². The molecule has 6 heteroatoms. The van der Waals surface area contributed by atoms with Crippen molar-refractivity contribution in [2.45, 2.75) is 13.8 Å². The van der Waals surface area contributed by atoms with Crippen LogP contribution in [0.5, 0.6) is 5.75 Å². The molecule has 126 valence electrons. The number of hydrogen-bond acceptors (Lipinski definition) is 4. The Bertz CT molecular complexity index is 679. The Kier molecular flexibility index (Phi) is 5.87. The molecular formula is C18H20N2O3S. The zero-order valence-electron chi connectivity index (χ0n) is 14.0. The average Bonchev–Trinajstić information content (AvgIpc) is 2.59. The summed E-state index contributed by atoms with van der Waals surface area (Å²) in [5.41, 5.74) is 1.07. The van der Waals surface area contributed by atoms with Crippen LogP contribution in [0.2, 0.25) is 0 Å². The Morgan fingerprint density at radius 1 is 1.04 bits per heavy atom. The van der Waals surface area contributed by atoms with Crippen molar-refractivity contribution in [1.29, 1.82) is 0 Å². The first-order valence-corrected chi connectivity index (χ1v) is 8.14. The lowest BCUT2D eigenvalue weighted by Crippen LogP contribution is -2.55. The summed E-state index contributed by atoms with van der Waals surface area (Å²) in [6.07, 6.45) is 5.07. The van der Waals surface area contributed by atoms with E-state index < -0.39 is 0 Å². The molecule has 1 heterocycles. The number of ether oxygens (including phenoxy) is 1. The van der Waals surface area contributed by atoms with Crippen LogP contribution in [0.25, 0.3) is 6.08 Å². The number of allylic oxidation sites excluding steroid dienone is 2. The lowest BCUT2D eigenvalue weighted by Gasteiger charge is -2.35. The number of thiocarbonyl (C=S) groups is 1. The smallest absolute Gasteiger partial charge is 0.265 e. The standard InChI is InChI=1S/C18H20N2O3S/c1-4-19-16(21)15(17(22)20(5-2)18(19)24)8-6-7-13-9-11-14(23-3)12-10-13/h6-12H,4-5H2,1-3H3. The van der Waals surface area contributed by atoms with Crippen LogP contribution >= 0.6 is 12.2 Å². The van der Waals surface area contributed by atoms with E-state index in [0.29, 0.717) is 13.1 Å². The number of nitrogens with zero attached hydrogens (tertiary/aromatic N) is 2. The summed E-state index contributed by atoms with van der Waals surface area (Å²) in [6.45, 7) is 4.53. The molecule has 1 aliphatic rings. The quantitative estimate of drug-likeness (QED) is 0.468. The first-order chi connectivity index (χ1) is 11.5. The first kappa shape index (κ1) is 17.9. The van der Waals surface area contributed by atoms with Gasteiger partial charge in [-0.25, -0.2) is 0 Å². The Morgan fingerprint density at radius 2 is 1.58 bits per heavy atom. The van der Waals surface area contributed by atoms with Crippen LogP contribution < -0.4 is 4.74 Å². The van der Waals surface area contributed by atoms with E-state index in [4.69, 9.17) is 17.0 Å². The molecule has 0 spiro atoms. The molecule has 5 nitrogen and oxygen atoms in total. The van der Waals surface area contributed by atoms with Crippen LogP contribution in [-0.4, -0.2) is 46.9 Å². The number of likely N-dealkylation sites (N-methyl/N-ethyl adjacent to an activating group) is 2. The zero-order valence-corrected chi connectivity index (χ0v) is 14.8. The number of rotatable bonds is 5. The second-order valence-electron chi connectivity index (χ2n) is 5.09. The highest BCUT2D eigenvalue weighted by molar-refractivity contribution is 7.80. The van der Waals surface area contributed by atoms with E-state index >= 15 is 0 Å². The maximum Gasteiger partial charge on any atom is 0.265 e. The van der Waals surface area contributed by atoms with Crippen LogP contribution in [0.15, 0.2) is 42.0 Å². The van der Waals surface area contributed by atoms with Gasteiger partial charge >= 0.3 is 0 Å². The van der Waals surface area contributed by atoms with Crippen LogP contribution in [0.1, 0.15) is 19.4 Å². The molecule has 1 aromatic rings. The molecule has 0 unspecified atom stereocenters. The SMILES string of the molecule is CCN1C(=O)C(=CC=Cc2ccc(OC)cc2)C(=O)N(CC)C1=S. The number of methoxy groups -OCH3 is 1. The molecule has 0 aromatic heterocycles. The summed E-state index contributed by atoms with van der Waals surface area (Å²) >= 11 is 5.22. The van der Waals surface area contributed by atoms with Crippen molar-refractivity contribution in [3.8, 4) is 5.75 Å². The summed E-state index contributed by atoms with van der Waals surface area (Å²) in [7, 11) is 1.61. The van der Waals surface area contributed by atoms with Gasteiger partial charge in [0, 0.05) is 13.1 Å². The summed E-state index contributed by atoms with van der Waals surface area (Å²) in [4.78, 5) is 27.7. The Labute approximate surface area is 147 Å². The van der Waals surface area contributed by atoms with Gasteiger partial charge in [-0.2, -0.15) is 0 Å². The van der Waals surface area contributed by atoms with Gasteiger partial charge in [-0.05, 0) is 49.8 Å². The normalized spacial score (nSPS) is 15.5. The topological polar surface area (TPSA) is 49.9 Å². The minimum atomic E-state index is -0.350. The number of carbonyl (C=O) groups is 2. The maximum absolute atomic E-state index is 12.4. The lowest BCUT2D eigenvalue weighted by atomic mass is 10.1. The third kappa shape index (κ3) is 3.54. The second kappa shape index (κ2) is 7.88. The summed E-state index contributed by atoms with van der Waals surface area (Å²) < 4.78 is 5.11. The van der Waals surface area contributed by atoms with Crippen molar-refractivity contribution in [3.05, 3.63) is 47.6 Å². The Hall–Kier alpha value is -2.47. The molecule has 2 amide bonds. The largest absolute Gasteiger partial charge is 0.497 e. The highest BCUT2D eigenvalue weighted by atomic mass is 32.1. The number of benzene rings is 1. The van der Waals surface area contributed by atoms with Gasteiger partial charge in [0.15, 0.2) is 5.11 Å². The number of carbonyl (C=O) groups excluding carboxylic acids is 2. The lowest BCUT2D eigenvalue weighted by molar-refractivity contribution is -0.133. The molecule has 0 bridgehead atoms. The molecule has 1 aliphatic heterocycles. The zero-order chi connectivity index (χ0) is 17.7. The fraction of sp³-hybridized carbons (Fsp3) is 0.278. The van der Waals surface area contributed by atoms with Crippen molar-refractivity contribution in [3.63, 3.8) is 0 Å². The first-order valence-electron chi connectivity index (χ1n) is 7.73. The van der Waals surface area contributed by atoms with Gasteiger partial charge in [0.05, 0.1) is 7.11 Å². The van der Waals surface area contributed by atoms with E-state index in [2.05, 4.69) is 0 Å². The monoisotopic (exact) mass is 344 g/mol. The minimum Gasteiger partial charge on any atom is -0.497 e. The van der Waals surface area contributed by atoms with Crippen LogP contribution in [0.3, 0.4) is 0 Å². The third-order valence-corrected chi connectivity index (χ3v) is 4.15. The Morgan fingerprint density at radius 3 is 2.04 bits per heavy atom. The molecule has 24 heavy (non-hydrogen) atoms. The van der Waals surface area contributed by atoms with Gasteiger partial charge in [-0.1, -0.05) is 24.3 Å². The fourth-order valence-corrected chi connectivity index (χ4v) is 2.80. The Balaban J connectivity index is 2.25. The maximum atomic E-state index is 12.4. The van der Waals surface area contributed by atoms with Gasteiger partial charge in [0.1, 0.15) is 11.3 Å². The van der Waals surface area contributed by atoms with Crippen LogP contribution in [-0.2, 0) is 9.59 Å². The minimum absolute atomic E-state index is 0.122. The predicted molar refractivity (Wildman–Crippen MR) is 97.5 cm³/mol. The molecule has 0 radical (unpaired) electrons. The molecule has 0 atom stereocenters. The molecule has 1 fully saturated rings. The highest BCUT2D eigenvalue weighted by Crippen LogP contribution is 2.18. The number of amides is 2. The number of hydrogen-bond donors (Lipinski definition) is 0. The van der Waals surface area contributed by atoms with E-state index in [1.807, 2.05) is 44.2 Å². The van der Waals surface area contributed by atoms with Gasteiger partial charge in [-0.3, -0.25) is 19.4 Å². The van der Waals surface area contributed by atoms with Crippen molar-refractivity contribution < 1.29 is 14.3 Å². The fourth-order valence-electron chi connectivity index (χ4n) is 2.37. The van der Waals surface area contributed by atoms with Gasteiger partial charge in [0.25, 0.3) is 11.8 Å². The van der Waals surface area contributed by atoms with E-state index in [1.54, 1.807) is 19.3 Å². The van der Waals surface area contributed by atoms with E-state index in [1.165, 1.54) is 9.80 Å². The van der Waals surface area contributed by atoms with Crippen molar-refractivity contribution in [2.75, 3.05) is 20.2 Å². The molecule has 2 rings (SSSR count). The van der Waals surface area contributed by atoms with Crippen LogP contribution in [0.4, 0.5) is 0 Å². The highest BCUT2D eigenvalue weighted by Gasteiger charge is 2.37. The van der Waals surface area contributed by atoms with E-state index in [9.17, 15) is 9.59 Å². The van der Waals surface area contributed by atoms with Crippen LogP contribution in [0, 0.1) is 0 Å². The van der Waals surface area contributed by atoms with Gasteiger partial charge in [-0.15, -0.1) is 0 Å². The summed E-state index contributed by atoms with van der Waals surface area (Å²) in [5.74, 6) is 0.0713. The predicted octanol–water partition coefficient (Wildman–Crippen LogP) is 2.63. The molecular weight excluding hydrogens is 324 g/mol. The van der Waals surface area contributed by atoms with E-state index in [0.717, 1.165) is 11.3 Å². The molecule has 0 aliphatic carbocycles. The summed E-state index contributed by atoms with van der Waals surface area (Å²) in [5, 5.41) is 0.270. The van der Waals surface area contributed by atoms with Gasteiger partial charge in [0.2, 0.25) is 0 Å². The summed E-state index contributed by atoms with van der Waals surface area (Å²) in [6, 6.07) is 7.48. The molecule has 1 saturated heterocycles. The molecule has 1 aromatic carbocycles. The molecule has 0 saturated carbocycles. The second-order valence-corrected chi connectivity index (χ2v) is 5.46. The van der Waals surface area contributed by atoms with Crippen molar-refractivity contribution >= 4 is 35.2 Å². The third-order valence-electron chi connectivity index (χ3n) is 3.71. The van der Waals surface area contributed by atoms with E-state index in [-0.39, 0.29) is 22.5 Å². The molecule has 0 N–H and O–H groups in total. The van der Waals surface area contributed by atoms with Crippen molar-refractivity contribution in [2.24, 2.45) is 0 Å². The van der Waals surface area contributed by atoms with Crippen molar-refractivity contribution in [1.82, 2.24) is 9.80 Å². The average molecular weight is 344 g/mol.